The van der Waals surface area contributed by atoms with Gasteiger partial charge in [-0.3, -0.25) is 0 Å². The van der Waals surface area contributed by atoms with E-state index in [1.54, 1.807) is 0 Å². The van der Waals surface area contributed by atoms with Crippen LogP contribution in [0.4, 0.5) is 5.00 Å². The lowest BCUT2D eigenvalue weighted by Gasteiger charge is -2.27. The third kappa shape index (κ3) is 3.82. The molecule has 0 aliphatic carbocycles. The molecule has 1 saturated heterocycles. The summed E-state index contributed by atoms with van der Waals surface area (Å²) in [7, 11) is -1.49. The van der Waals surface area contributed by atoms with Gasteiger partial charge < -0.3 is 14.7 Å². The van der Waals surface area contributed by atoms with Gasteiger partial charge in [0.25, 0.3) is 0 Å². The van der Waals surface area contributed by atoms with Crippen LogP contribution in [-0.4, -0.2) is 50.4 Å². The first-order valence-corrected chi connectivity index (χ1v) is 10.8. The molecule has 2 rings (SSSR count). The molecule has 0 saturated carbocycles. The number of aromatic carboxylic acids is 1. The lowest BCUT2D eigenvalue weighted by molar-refractivity contribution is 0.0690. The molecule has 1 aliphatic heterocycles. The molecular weight excluding hydrogens is 292 g/mol. The van der Waals surface area contributed by atoms with E-state index in [4.69, 9.17) is 4.74 Å². The van der Waals surface area contributed by atoms with Crippen LogP contribution in [0.5, 0.6) is 0 Å². The number of carbonyl (C=O) groups is 1. The Hall–Kier alpha value is -1.36. The summed E-state index contributed by atoms with van der Waals surface area (Å²) in [4.78, 5) is 17.5. The highest BCUT2D eigenvalue weighted by atomic mass is 32.1. The third-order valence-electron chi connectivity index (χ3n) is 2.65. The number of hydrogen-bond donors (Lipinski definition) is 1. The van der Waals surface area contributed by atoms with E-state index in [-0.39, 0.29) is 5.69 Å². The van der Waals surface area contributed by atoms with Crippen LogP contribution in [-0.2, 0) is 4.74 Å². The van der Waals surface area contributed by atoms with Gasteiger partial charge in [-0.15, -0.1) is 5.54 Å². The normalized spacial score (nSPS) is 15.7. The second kappa shape index (κ2) is 5.95. The van der Waals surface area contributed by atoms with Gasteiger partial charge in [-0.25, -0.2) is 9.78 Å². The van der Waals surface area contributed by atoms with Gasteiger partial charge in [0.15, 0.2) is 10.7 Å². The molecule has 1 aliphatic rings. The van der Waals surface area contributed by atoms with Crippen molar-refractivity contribution in [1.29, 1.82) is 0 Å². The highest BCUT2D eigenvalue weighted by molar-refractivity contribution is 7.16. The number of ether oxygens (including phenoxy) is 1. The van der Waals surface area contributed by atoms with Crippen LogP contribution in [0.2, 0.25) is 19.6 Å². The van der Waals surface area contributed by atoms with Crippen LogP contribution in [0, 0.1) is 11.5 Å². The molecule has 5 nitrogen and oxygen atoms in total. The van der Waals surface area contributed by atoms with E-state index in [1.165, 1.54) is 11.3 Å². The second-order valence-electron chi connectivity index (χ2n) is 5.58. The summed E-state index contributed by atoms with van der Waals surface area (Å²) in [6, 6.07) is 0. The summed E-state index contributed by atoms with van der Waals surface area (Å²) in [5.41, 5.74) is 3.33. The molecule has 1 fully saturated rings. The average molecular weight is 310 g/mol. The standard InChI is InChI=1S/C13H18N2O3SSi/c1-20(2,3)9-4-10-14-11(13(16)17)12(19-10)15-5-7-18-8-6-15/h5-8H2,1-3H3,(H,16,17). The number of carboxylic acid groups (broad SMARTS) is 1. The summed E-state index contributed by atoms with van der Waals surface area (Å²) in [5, 5.41) is 10.6. The molecule has 0 unspecified atom stereocenters. The SMILES string of the molecule is C[Si](C)(C)C#Cc1nc(C(=O)O)c(N2CCOCC2)s1. The van der Waals surface area contributed by atoms with Gasteiger partial charge in [-0.2, -0.15) is 0 Å². The molecule has 2 heterocycles. The Labute approximate surface area is 123 Å². The van der Waals surface area contributed by atoms with Crippen molar-refractivity contribution in [2.75, 3.05) is 31.2 Å². The smallest absolute Gasteiger partial charge is 0.357 e. The van der Waals surface area contributed by atoms with Gasteiger partial charge in [0.2, 0.25) is 0 Å². The topological polar surface area (TPSA) is 62.7 Å². The predicted molar refractivity (Wildman–Crippen MR) is 82.3 cm³/mol. The largest absolute Gasteiger partial charge is 0.476 e. The number of rotatable bonds is 2. The molecule has 7 heteroatoms. The third-order valence-corrected chi connectivity index (χ3v) is 4.56. The van der Waals surface area contributed by atoms with Gasteiger partial charge >= 0.3 is 5.97 Å². The molecule has 0 amide bonds. The minimum atomic E-state index is -1.49. The van der Waals surface area contributed by atoms with Gasteiger partial charge in [0, 0.05) is 13.1 Å². The van der Waals surface area contributed by atoms with E-state index >= 15 is 0 Å². The van der Waals surface area contributed by atoms with Gasteiger partial charge in [0.05, 0.1) is 13.2 Å². The molecular formula is C13H18N2O3SSi. The monoisotopic (exact) mass is 310 g/mol. The maximum absolute atomic E-state index is 11.3. The Kier molecular flexibility index (Phi) is 4.47. The minimum Gasteiger partial charge on any atom is -0.476 e. The highest BCUT2D eigenvalue weighted by Crippen LogP contribution is 2.29. The number of morpholine rings is 1. The average Bonchev–Trinajstić information content (AvgIpc) is 2.81. The summed E-state index contributed by atoms with van der Waals surface area (Å²) >= 11 is 1.36. The van der Waals surface area contributed by atoms with Crippen molar-refractivity contribution >= 4 is 30.4 Å². The molecule has 0 bridgehead atoms. The first-order chi connectivity index (χ1) is 9.37. The number of aromatic nitrogens is 1. The number of carboxylic acids is 1. The first-order valence-electron chi connectivity index (χ1n) is 6.47. The number of anilines is 1. The molecule has 0 spiro atoms. The Morgan fingerprint density at radius 3 is 2.60 bits per heavy atom. The molecule has 108 valence electrons. The predicted octanol–water partition coefficient (Wildman–Crippen LogP) is 1.91. The number of thiazole rings is 1. The van der Waals surface area contributed by atoms with Gasteiger partial charge in [-0.1, -0.05) is 31.0 Å². The highest BCUT2D eigenvalue weighted by Gasteiger charge is 2.23. The van der Waals surface area contributed by atoms with Crippen LogP contribution >= 0.6 is 11.3 Å². The van der Waals surface area contributed by atoms with E-state index in [0.29, 0.717) is 36.3 Å². The Bertz CT molecular complexity index is 562. The first kappa shape index (κ1) is 15.0. The van der Waals surface area contributed by atoms with Crippen molar-refractivity contribution in [2.24, 2.45) is 0 Å². The fraction of sp³-hybridized carbons (Fsp3) is 0.538. The van der Waals surface area contributed by atoms with E-state index in [2.05, 4.69) is 36.1 Å². The minimum absolute atomic E-state index is 0.108. The summed E-state index contributed by atoms with van der Waals surface area (Å²) < 4.78 is 5.29. The summed E-state index contributed by atoms with van der Waals surface area (Å²) in [6.45, 7) is 9.07. The van der Waals surface area contributed by atoms with Crippen LogP contribution in [0.3, 0.4) is 0 Å². The maximum Gasteiger partial charge on any atom is 0.357 e. The fourth-order valence-corrected chi connectivity index (χ4v) is 3.27. The Morgan fingerprint density at radius 2 is 2.05 bits per heavy atom. The molecule has 0 radical (unpaired) electrons. The van der Waals surface area contributed by atoms with Crippen molar-refractivity contribution in [3.05, 3.63) is 10.7 Å². The molecule has 20 heavy (non-hydrogen) atoms. The van der Waals surface area contributed by atoms with Crippen molar-refractivity contribution < 1.29 is 14.6 Å². The summed E-state index contributed by atoms with van der Waals surface area (Å²) in [6.07, 6.45) is 0. The number of hydrogen-bond acceptors (Lipinski definition) is 5. The molecule has 1 aromatic heterocycles. The zero-order valence-corrected chi connectivity index (χ0v) is 13.7. The lowest BCUT2D eigenvalue weighted by Crippen LogP contribution is -2.36. The second-order valence-corrected chi connectivity index (χ2v) is 11.3. The van der Waals surface area contributed by atoms with E-state index in [0.717, 1.165) is 0 Å². The summed E-state index contributed by atoms with van der Waals surface area (Å²) in [5.74, 6) is 2.04. The van der Waals surface area contributed by atoms with E-state index in [9.17, 15) is 9.90 Å². The Balaban J connectivity index is 2.32. The van der Waals surface area contributed by atoms with Crippen LogP contribution in [0.25, 0.3) is 0 Å². The van der Waals surface area contributed by atoms with E-state index in [1.807, 2.05) is 4.90 Å². The van der Waals surface area contributed by atoms with Crippen LogP contribution in [0.1, 0.15) is 15.5 Å². The number of nitrogens with zero attached hydrogens (tertiary/aromatic N) is 2. The van der Waals surface area contributed by atoms with E-state index < -0.39 is 14.0 Å². The van der Waals surface area contributed by atoms with Gasteiger partial charge in [0.1, 0.15) is 13.1 Å². The fourth-order valence-electron chi connectivity index (χ4n) is 1.73. The zero-order valence-electron chi connectivity index (χ0n) is 11.9. The van der Waals surface area contributed by atoms with Crippen molar-refractivity contribution in [3.63, 3.8) is 0 Å². The molecule has 0 atom stereocenters. The van der Waals surface area contributed by atoms with Crippen LogP contribution in [0.15, 0.2) is 0 Å². The van der Waals surface area contributed by atoms with Crippen molar-refractivity contribution in [3.8, 4) is 11.5 Å². The maximum atomic E-state index is 11.3. The molecule has 1 aromatic rings. The molecule has 1 N–H and O–H groups in total. The van der Waals surface area contributed by atoms with Crippen molar-refractivity contribution in [2.45, 2.75) is 19.6 Å². The quantitative estimate of drug-likeness (QED) is 0.668. The Morgan fingerprint density at radius 1 is 1.40 bits per heavy atom. The van der Waals surface area contributed by atoms with Crippen LogP contribution < -0.4 is 4.90 Å². The molecule has 0 aromatic carbocycles. The van der Waals surface area contributed by atoms with Crippen molar-refractivity contribution in [1.82, 2.24) is 4.98 Å². The zero-order chi connectivity index (χ0) is 14.8. The lowest BCUT2D eigenvalue weighted by atomic mass is 10.4. The van der Waals surface area contributed by atoms with Gasteiger partial charge in [-0.05, 0) is 5.92 Å².